The smallest absolute Gasteiger partial charge is 0.133 e. The van der Waals surface area contributed by atoms with Gasteiger partial charge in [-0.25, -0.2) is 4.98 Å². The maximum absolute atomic E-state index is 4.61. The number of nitrogens with one attached hydrogen (secondary N) is 1. The van der Waals surface area contributed by atoms with Crippen molar-refractivity contribution in [3.63, 3.8) is 0 Å². The van der Waals surface area contributed by atoms with Crippen LogP contribution in [0.5, 0.6) is 0 Å². The van der Waals surface area contributed by atoms with Crippen molar-refractivity contribution in [1.29, 1.82) is 0 Å². The number of hydrogen-bond acceptors (Lipinski definition) is 3. The van der Waals surface area contributed by atoms with E-state index in [1.165, 1.54) is 5.56 Å². The first-order valence-corrected chi connectivity index (χ1v) is 7.80. The van der Waals surface area contributed by atoms with Gasteiger partial charge in [0, 0.05) is 35.4 Å². The Morgan fingerprint density at radius 1 is 1.37 bits per heavy atom. The minimum absolute atomic E-state index is 0.111. The molecule has 0 aliphatic carbocycles. The molecule has 0 saturated carbocycles. The second-order valence-electron chi connectivity index (χ2n) is 5.54. The first kappa shape index (κ1) is 16.4. The Labute approximate surface area is 125 Å². The van der Waals surface area contributed by atoms with Gasteiger partial charge in [-0.2, -0.15) is 0 Å². The fourth-order valence-electron chi connectivity index (χ4n) is 1.83. The maximum atomic E-state index is 4.61. The Bertz CT molecular complexity index is 404. The highest BCUT2D eigenvalue weighted by Crippen LogP contribution is 2.27. The predicted molar refractivity (Wildman–Crippen MR) is 86.7 cm³/mol. The number of aromatic nitrogens is 1. The summed E-state index contributed by atoms with van der Waals surface area (Å²) >= 11 is 3.51. The monoisotopic (exact) mass is 327 g/mol. The third kappa shape index (κ3) is 4.46. The van der Waals surface area contributed by atoms with E-state index >= 15 is 0 Å². The summed E-state index contributed by atoms with van der Waals surface area (Å²) < 4.78 is 1.03. The highest BCUT2D eigenvalue weighted by atomic mass is 79.9. The molecule has 1 heterocycles. The number of pyridine rings is 1. The molecule has 19 heavy (non-hydrogen) atoms. The van der Waals surface area contributed by atoms with Crippen LogP contribution in [0.4, 0.5) is 5.82 Å². The van der Waals surface area contributed by atoms with Crippen molar-refractivity contribution in [3.05, 3.63) is 22.3 Å². The SMILES string of the molecule is CCCNCc1cc(Br)cnc1N(C)C(C)(C)CC. The summed E-state index contributed by atoms with van der Waals surface area (Å²) in [7, 11) is 2.13. The summed E-state index contributed by atoms with van der Waals surface area (Å²) in [5.74, 6) is 1.07. The molecule has 0 spiro atoms. The molecule has 0 aliphatic rings. The van der Waals surface area contributed by atoms with Gasteiger partial charge in [0.2, 0.25) is 0 Å². The van der Waals surface area contributed by atoms with Crippen molar-refractivity contribution >= 4 is 21.7 Å². The minimum atomic E-state index is 0.111. The van der Waals surface area contributed by atoms with E-state index in [0.29, 0.717) is 0 Å². The molecule has 0 bridgehead atoms. The summed E-state index contributed by atoms with van der Waals surface area (Å²) in [6.45, 7) is 10.8. The average molecular weight is 328 g/mol. The maximum Gasteiger partial charge on any atom is 0.133 e. The Morgan fingerprint density at radius 2 is 2.05 bits per heavy atom. The topological polar surface area (TPSA) is 28.2 Å². The summed E-state index contributed by atoms with van der Waals surface area (Å²) in [5, 5.41) is 3.46. The van der Waals surface area contributed by atoms with Gasteiger partial charge in [-0.3, -0.25) is 0 Å². The molecular formula is C15H26BrN3. The number of hydrogen-bond donors (Lipinski definition) is 1. The van der Waals surface area contributed by atoms with Gasteiger partial charge in [0.15, 0.2) is 0 Å². The van der Waals surface area contributed by atoms with E-state index in [9.17, 15) is 0 Å². The molecule has 0 fully saturated rings. The van der Waals surface area contributed by atoms with Crippen LogP contribution in [0.1, 0.15) is 46.1 Å². The van der Waals surface area contributed by atoms with Gasteiger partial charge in [-0.05, 0) is 55.2 Å². The lowest BCUT2D eigenvalue weighted by Gasteiger charge is -2.37. The zero-order chi connectivity index (χ0) is 14.5. The van der Waals surface area contributed by atoms with Crippen LogP contribution < -0.4 is 10.2 Å². The van der Waals surface area contributed by atoms with Crippen LogP contribution in [-0.4, -0.2) is 24.1 Å². The van der Waals surface area contributed by atoms with Gasteiger partial charge < -0.3 is 10.2 Å². The van der Waals surface area contributed by atoms with Crippen LogP contribution in [0.25, 0.3) is 0 Å². The summed E-state index contributed by atoms with van der Waals surface area (Å²) in [6, 6.07) is 2.16. The van der Waals surface area contributed by atoms with E-state index in [1.54, 1.807) is 0 Å². The van der Waals surface area contributed by atoms with Crippen LogP contribution in [0.15, 0.2) is 16.7 Å². The summed E-state index contributed by atoms with van der Waals surface area (Å²) in [6.07, 6.45) is 4.11. The van der Waals surface area contributed by atoms with Gasteiger partial charge in [0.05, 0.1) is 0 Å². The van der Waals surface area contributed by atoms with Crippen molar-refractivity contribution in [1.82, 2.24) is 10.3 Å². The average Bonchev–Trinajstić information content (AvgIpc) is 2.38. The van der Waals surface area contributed by atoms with Crippen molar-refractivity contribution in [2.24, 2.45) is 0 Å². The second-order valence-corrected chi connectivity index (χ2v) is 6.45. The number of nitrogens with zero attached hydrogens (tertiary/aromatic N) is 2. The molecule has 0 aliphatic heterocycles. The predicted octanol–water partition coefficient (Wildman–Crippen LogP) is 3.97. The Kier molecular flexibility index (Phi) is 6.27. The molecular weight excluding hydrogens is 302 g/mol. The molecule has 108 valence electrons. The normalized spacial score (nSPS) is 11.7. The molecule has 3 nitrogen and oxygen atoms in total. The lowest BCUT2D eigenvalue weighted by atomic mass is 9.99. The Morgan fingerprint density at radius 3 is 2.63 bits per heavy atom. The number of anilines is 1. The molecule has 4 heteroatoms. The third-order valence-electron chi connectivity index (χ3n) is 3.74. The molecule has 1 N–H and O–H groups in total. The van der Waals surface area contributed by atoms with Crippen LogP contribution >= 0.6 is 15.9 Å². The molecule has 0 radical (unpaired) electrons. The van der Waals surface area contributed by atoms with Crippen LogP contribution in [0, 0.1) is 0 Å². The second kappa shape index (κ2) is 7.25. The van der Waals surface area contributed by atoms with Gasteiger partial charge in [-0.15, -0.1) is 0 Å². The lowest BCUT2D eigenvalue weighted by molar-refractivity contribution is 0.465. The van der Waals surface area contributed by atoms with Crippen molar-refractivity contribution < 1.29 is 0 Å². The molecule has 0 unspecified atom stereocenters. The van der Waals surface area contributed by atoms with Gasteiger partial charge >= 0.3 is 0 Å². The largest absolute Gasteiger partial charge is 0.354 e. The van der Waals surface area contributed by atoms with E-state index in [4.69, 9.17) is 0 Å². The van der Waals surface area contributed by atoms with Gasteiger partial charge in [0.1, 0.15) is 5.82 Å². The highest BCUT2D eigenvalue weighted by Gasteiger charge is 2.24. The quantitative estimate of drug-likeness (QED) is 0.768. The fraction of sp³-hybridized carbons (Fsp3) is 0.667. The van der Waals surface area contributed by atoms with Gasteiger partial charge in [-0.1, -0.05) is 13.8 Å². The molecule has 0 atom stereocenters. The van der Waals surface area contributed by atoms with Crippen molar-refractivity contribution in [2.75, 3.05) is 18.5 Å². The van der Waals surface area contributed by atoms with E-state index < -0.39 is 0 Å². The van der Waals surface area contributed by atoms with Crippen molar-refractivity contribution in [2.45, 2.75) is 52.6 Å². The Hall–Kier alpha value is -0.610. The minimum Gasteiger partial charge on any atom is -0.354 e. The van der Waals surface area contributed by atoms with Crippen molar-refractivity contribution in [3.8, 4) is 0 Å². The first-order chi connectivity index (χ1) is 8.92. The van der Waals surface area contributed by atoms with Crippen LogP contribution in [0.3, 0.4) is 0 Å². The lowest BCUT2D eigenvalue weighted by Crippen LogP contribution is -2.41. The zero-order valence-corrected chi connectivity index (χ0v) is 14.3. The molecule has 1 aromatic rings. The summed E-state index contributed by atoms with van der Waals surface area (Å²) in [4.78, 5) is 6.89. The van der Waals surface area contributed by atoms with Gasteiger partial charge in [0.25, 0.3) is 0 Å². The summed E-state index contributed by atoms with van der Waals surface area (Å²) in [5.41, 5.74) is 1.35. The number of halogens is 1. The molecule has 0 aromatic carbocycles. The third-order valence-corrected chi connectivity index (χ3v) is 4.18. The molecule has 1 aromatic heterocycles. The van der Waals surface area contributed by atoms with E-state index in [2.05, 4.69) is 71.9 Å². The van der Waals surface area contributed by atoms with E-state index in [-0.39, 0.29) is 5.54 Å². The van der Waals surface area contributed by atoms with E-state index in [1.807, 2.05) is 6.20 Å². The van der Waals surface area contributed by atoms with Crippen LogP contribution in [0.2, 0.25) is 0 Å². The molecule has 0 amide bonds. The first-order valence-electron chi connectivity index (χ1n) is 7.01. The number of rotatable bonds is 7. The Balaban J connectivity index is 2.98. The fourth-order valence-corrected chi connectivity index (χ4v) is 2.21. The highest BCUT2D eigenvalue weighted by molar-refractivity contribution is 9.10. The standard InChI is InChI=1S/C15H26BrN3/c1-6-8-17-10-12-9-13(16)11-18-14(12)19(5)15(3,4)7-2/h9,11,17H,6-8,10H2,1-5H3. The molecule has 1 rings (SSSR count). The molecule has 0 saturated heterocycles. The van der Waals surface area contributed by atoms with Crippen LogP contribution in [-0.2, 0) is 6.54 Å². The van der Waals surface area contributed by atoms with E-state index in [0.717, 1.165) is 36.2 Å². The zero-order valence-electron chi connectivity index (χ0n) is 12.8.